The Kier molecular flexibility index (Phi) is 6.56. The van der Waals surface area contributed by atoms with Gasteiger partial charge in [-0.3, -0.25) is 14.4 Å². The van der Waals surface area contributed by atoms with Crippen molar-refractivity contribution in [2.75, 3.05) is 11.9 Å². The molecule has 0 aliphatic carbocycles. The normalized spacial score (nSPS) is 10.5. The number of hydrogen-bond acceptors (Lipinski definition) is 7. The van der Waals surface area contributed by atoms with Crippen LogP contribution in [0, 0.1) is 0 Å². The number of thiazole rings is 1. The van der Waals surface area contributed by atoms with Crippen LogP contribution in [0.25, 0.3) is 11.5 Å². The largest absolute Gasteiger partial charge is 0.458 e. The quantitative estimate of drug-likeness (QED) is 0.521. The Labute approximate surface area is 169 Å². The average Bonchev–Trinajstić information content (AvgIpc) is 3.40. The molecule has 0 bridgehead atoms. The third kappa shape index (κ3) is 5.51. The van der Waals surface area contributed by atoms with Crippen LogP contribution < -0.4 is 16.0 Å². The highest BCUT2D eigenvalue weighted by atomic mass is 32.1. The molecule has 0 saturated heterocycles. The smallest absolute Gasteiger partial charge is 0.261 e. The number of anilines is 1. The molecule has 0 aliphatic rings. The van der Waals surface area contributed by atoms with Gasteiger partial charge in [-0.05, 0) is 23.6 Å². The van der Waals surface area contributed by atoms with Crippen molar-refractivity contribution in [2.45, 2.75) is 19.9 Å². The maximum atomic E-state index is 12.0. The summed E-state index contributed by atoms with van der Waals surface area (Å²) in [5.41, 5.74) is 0.598. The summed E-state index contributed by atoms with van der Waals surface area (Å²) in [6.07, 6.45) is 0.146. The van der Waals surface area contributed by atoms with E-state index in [-0.39, 0.29) is 30.7 Å². The summed E-state index contributed by atoms with van der Waals surface area (Å²) in [7, 11) is 0. The van der Waals surface area contributed by atoms with Crippen LogP contribution in [0.3, 0.4) is 0 Å². The monoisotopic (exact) mass is 418 g/mol. The molecule has 0 spiro atoms. The van der Waals surface area contributed by atoms with Gasteiger partial charge >= 0.3 is 0 Å². The van der Waals surface area contributed by atoms with Crippen LogP contribution in [0.4, 0.5) is 5.13 Å². The molecule has 146 valence electrons. The molecule has 3 aromatic rings. The topological polar surface area (TPSA) is 113 Å². The van der Waals surface area contributed by atoms with E-state index in [9.17, 15) is 14.4 Å². The van der Waals surface area contributed by atoms with Crippen molar-refractivity contribution in [3.63, 3.8) is 0 Å². The molecule has 0 aromatic carbocycles. The molecular weight excluding hydrogens is 400 g/mol. The summed E-state index contributed by atoms with van der Waals surface area (Å²) < 4.78 is 5.64. The lowest BCUT2D eigenvalue weighted by atomic mass is 10.3. The Hall–Kier alpha value is -2.98. The molecular formula is C18H18N4O4S2. The van der Waals surface area contributed by atoms with Crippen molar-refractivity contribution in [3.05, 3.63) is 45.7 Å². The number of rotatable bonds is 8. The summed E-state index contributed by atoms with van der Waals surface area (Å²) in [4.78, 5) is 39.7. The predicted octanol–water partition coefficient (Wildman–Crippen LogP) is 2.86. The highest BCUT2D eigenvalue weighted by Gasteiger charge is 2.12. The molecule has 0 atom stereocenters. The highest BCUT2D eigenvalue weighted by Crippen LogP contribution is 2.26. The number of amides is 3. The molecule has 0 saturated carbocycles. The summed E-state index contributed by atoms with van der Waals surface area (Å²) in [6.45, 7) is 1.98. The van der Waals surface area contributed by atoms with E-state index in [1.807, 2.05) is 5.38 Å². The number of nitrogens with zero attached hydrogens (tertiary/aromatic N) is 1. The number of hydrogen-bond donors (Lipinski definition) is 3. The first kappa shape index (κ1) is 19.8. The summed E-state index contributed by atoms with van der Waals surface area (Å²) in [5, 5.41) is 12.1. The Balaban J connectivity index is 1.46. The maximum Gasteiger partial charge on any atom is 0.261 e. The van der Waals surface area contributed by atoms with Crippen LogP contribution in [0.15, 0.2) is 39.4 Å². The van der Waals surface area contributed by atoms with Crippen molar-refractivity contribution in [2.24, 2.45) is 0 Å². The van der Waals surface area contributed by atoms with E-state index in [2.05, 4.69) is 20.9 Å². The Morgan fingerprint density at radius 2 is 2.00 bits per heavy atom. The lowest BCUT2D eigenvalue weighted by molar-refractivity contribution is -0.119. The summed E-state index contributed by atoms with van der Waals surface area (Å²) in [5.74, 6) is 0.610. The number of thiophene rings is 1. The van der Waals surface area contributed by atoms with Gasteiger partial charge in [0.2, 0.25) is 11.8 Å². The van der Waals surface area contributed by atoms with Crippen LogP contribution in [0.1, 0.15) is 28.8 Å². The van der Waals surface area contributed by atoms with E-state index >= 15 is 0 Å². The minimum absolute atomic E-state index is 0.136. The molecule has 10 heteroatoms. The van der Waals surface area contributed by atoms with Crippen molar-refractivity contribution in [3.8, 4) is 11.5 Å². The number of carbonyl (C=O) groups excluding carboxylic acids is 3. The minimum atomic E-state index is -0.238. The van der Waals surface area contributed by atoms with Crippen molar-refractivity contribution < 1.29 is 18.8 Å². The molecule has 3 N–H and O–H groups in total. The van der Waals surface area contributed by atoms with Crippen molar-refractivity contribution in [1.82, 2.24) is 15.6 Å². The number of carbonyl (C=O) groups is 3. The van der Waals surface area contributed by atoms with Gasteiger partial charge in [0.25, 0.3) is 5.91 Å². The lowest BCUT2D eigenvalue weighted by Crippen LogP contribution is -2.27. The fourth-order valence-corrected chi connectivity index (χ4v) is 3.59. The fourth-order valence-electron chi connectivity index (χ4n) is 2.23. The third-order valence-electron chi connectivity index (χ3n) is 3.56. The van der Waals surface area contributed by atoms with Gasteiger partial charge in [0.05, 0.1) is 11.4 Å². The van der Waals surface area contributed by atoms with Crippen LogP contribution in [-0.4, -0.2) is 29.3 Å². The van der Waals surface area contributed by atoms with Gasteiger partial charge in [-0.1, -0.05) is 6.07 Å². The van der Waals surface area contributed by atoms with Gasteiger partial charge in [-0.25, -0.2) is 4.98 Å². The zero-order valence-corrected chi connectivity index (χ0v) is 16.6. The Morgan fingerprint density at radius 1 is 1.14 bits per heavy atom. The Morgan fingerprint density at radius 3 is 2.75 bits per heavy atom. The minimum Gasteiger partial charge on any atom is -0.458 e. The van der Waals surface area contributed by atoms with Gasteiger partial charge in [0.1, 0.15) is 11.5 Å². The van der Waals surface area contributed by atoms with Crippen molar-refractivity contribution >= 4 is 45.5 Å². The number of aromatic nitrogens is 1. The van der Waals surface area contributed by atoms with Crippen LogP contribution in [-0.2, 0) is 16.1 Å². The molecule has 3 heterocycles. The predicted molar refractivity (Wildman–Crippen MR) is 107 cm³/mol. The molecule has 8 nitrogen and oxygen atoms in total. The first-order valence-corrected chi connectivity index (χ1v) is 10.2. The van der Waals surface area contributed by atoms with E-state index in [1.165, 1.54) is 29.6 Å². The standard InChI is InChI=1S/C18H18N4O4S2/c1-11(23)20-9-12-4-5-14(26-12)13-10-28-18(21-13)22-16(24)6-7-19-17(25)15-3-2-8-27-15/h2-5,8,10H,6-7,9H2,1H3,(H,19,25)(H,20,23)(H,21,22,24). The highest BCUT2D eigenvalue weighted by molar-refractivity contribution is 7.14. The van der Waals surface area contributed by atoms with E-state index < -0.39 is 0 Å². The second kappa shape index (κ2) is 9.29. The first-order chi connectivity index (χ1) is 13.5. The van der Waals surface area contributed by atoms with Gasteiger partial charge in [-0.15, -0.1) is 22.7 Å². The second-order valence-electron chi connectivity index (χ2n) is 5.74. The summed E-state index contributed by atoms with van der Waals surface area (Å²) in [6, 6.07) is 7.05. The molecule has 0 fully saturated rings. The van der Waals surface area contributed by atoms with Gasteiger partial charge in [0, 0.05) is 25.3 Å². The van der Waals surface area contributed by atoms with Crippen LogP contribution in [0.5, 0.6) is 0 Å². The molecule has 28 heavy (non-hydrogen) atoms. The number of nitrogens with one attached hydrogen (secondary N) is 3. The van der Waals surface area contributed by atoms with Crippen molar-refractivity contribution in [1.29, 1.82) is 0 Å². The maximum absolute atomic E-state index is 12.0. The molecule has 0 radical (unpaired) electrons. The van der Waals surface area contributed by atoms with E-state index in [4.69, 9.17) is 4.42 Å². The van der Waals surface area contributed by atoms with Gasteiger partial charge in [0.15, 0.2) is 10.9 Å². The zero-order chi connectivity index (χ0) is 19.9. The van der Waals surface area contributed by atoms with Crippen LogP contribution in [0.2, 0.25) is 0 Å². The lowest BCUT2D eigenvalue weighted by Gasteiger charge is -2.03. The molecule has 3 rings (SSSR count). The third-order valence-corrected chi connectivity index (χ3v) is 5.19. The summed E-state index contributed by atoms with van der Waals surface area (Å²) >= 11 is 2.63. The Bertz CT molecular complexity index is 962. The second-order valence-corrected chi connectivity index (χ2v) is 7.55. The van der Waals surface area contributed by atoms with Crippen LogP contribution >= 0.6 is 22.7 Å². The van der Waals surface area contributed by atoms with E-state index in [1.54, 1.807) is 29.6 Å². The zero-order valence-electron chi connectivity index (χ0n) is 15.0. The van der Waals surface area contributed by atoms with Gasteiger partial charge < -0.3 is 20.4 Å². The van der Waals surface area contributed by atoms with E-state index in [0.29, 0.717) is 33.8 Å². The molecule has 0 aliphatic heterocycles. The molecule has 0 unspecified atom stereocenters. The molecule has 3 aromatic heterocycles. The van der Waals surface area contributed by atoms with E-state index in [0.717, 1.165) is 0 Å². The van der Waals surface area contributed by atoms with Gasteiger partial charge in [-0.2, -0.15) is 0 Å². The molecule has 3 amide bonds. The first-order valence-electron chi connectivity index (χ1n) is 8.42. The number of furan rings is 1. The SMILES string of the molecule is CC(=O)NCc1ccc(-c2csc(NC(=O)CCNC(=O)c3cccs3)n2)o1. The fraction of sp³-hybridized carbons (Fsp3) is 0.222. The average molecular weight is 419 g/mol.